The van der Waals surface area contributed by atoms with E-state index in [-0.39, 0.29) is 15.8 Å². The molecular formula is C15H15ClN2O3S. The number of carbonyl (C=O) groups excluding carboxylic acids is 1. The average Bonchev–Trinajstić information content (AvgIpc) is 2.41. The van der Waals surface area contributed by atoms with Crippen LogP contribution in [0.15, 0.2) is 47.4 Å². The van der Waals surface area contributed by atoms with Crippen LogP contribution in [0.1, 0.15) is 12.5 Å². The number of halogens is 1. The number of aryl methyl sites for hydroxylation is 1. The fraction of sp³-hybridized carbons (Fsp3) is 0.133. The molecule has 0 spiro atoms. The van der Waals surface area contributed by atoms with E-state index in [1.54, 1.807) is 12.1 Å². The minimum absolute atomic E-state index is 0.167. The van der Waals surface area contributed by atoms with Crippen molar-refractivity contribution in [3.05, 3.63) is 53.1 Å². The van der Waals surface area contributed by atoms with Crippen molar-refractivity contribution in [1.82, 2.24) is 0 Å². The number of anilines is 2. The Bertz CT molecular complexity index is 802. The molecule has 0 aromatic heterocycles. The lowest BCUT2D eigenvalue weighted by molar-refractivity contribution is -0.114. The minimum Gasteiger partial charge on any atom is -0.325 e. The highest BCUT2D eigenvalue weighted by Crippen LogP contribution is 2.27. The van der Waals surface area contributed by atoms with Gasteiger partial charge in [-0.15, -0.1) is 0 Å². The molecule has 1 amide bonds. The molecule has 0 fully saturated rings. The maximum absolute atomic E-state index is 12.3. The molecule has 0 radical (unpaired) electrons. The maximum atomic E-state index is 12.3. The van der Waals surface area contributed by atoms with Crippen molar-refractivity contribution in [1.29, 1.82) is 0 Å². The van der Waals surface area contributed by atoms with Crippen LogP contribution in [0.3, 0.4) is 0 Å². The summed E-state index contributed by atoms with van der Waals surface area (Å²) in [5.41, 5.74) is 1.72. The van der Waals surface area contributed by atoms with Crippen molar-refractivity contribution in [2.45, 2.75) is 18.7 Å². The topological polar surface area (TPSA) is 75.3 Å². The Hall–Kier alpha value is -2.05. The molecule has 0 saturated carbocycles. The van der Waals surface area contributed by atoms with Gasteiger partial charge in [0.15, 0.2) is 0 Å². The molecule has 0 aliphatic carbocycles. The number of hydrogen-bond donors (Lipinski definition) is 2. The molecule has 0 heterocycles. The second kappa shape index (κ2) is 6.37. The smallest absolute Gasteiger partial charge is 0.261 e. The second-order valence-electron chi connectivity index (χ2n) is 4.79. The van der Waals surface area contributed by atoms with Crippen molar-refractivity contribution in [3.63, 3.8) is 0 Å². The first-order valence-corrected chi connectivity index (χ1v) is 8.31. The highest BCUT2D eigenvalue weighted by Gasteiger charge is 2.14. The van der Waals surface area contributed by atoms with E-state index in [1.165, 1.54) is 37.3 Å². The number of benzene rings is 2. The molecule has 0 atom stereocenters. The highest BCUT2D eigenvalue weighted by atomic mass is 35.5. The normalized spacial score (nSPS) is 11.0. The predicted octanol–water partition coefficient (Wildman–Crippen LogP) is 3.41. The van der Waals surface area contributed by atoms with Crippen molar-refractivity contribution < 1.29 is 13.2 Å². The van der Waals surface area contributed by atoms with Gasteiger partial charge in [-0.25, -0.2) is 8.42 Å². The van der Waals surface area contributed by atoms with Crippen molar-refractivity contribution in [3.8, 4) is 0 Å². The summed E-state index contributed by atoms with van der Waals surface area (Å²) in [7, 11) is -3.68. The molecule has 2 aromatic carbocycles. The molecule has 2 aromatic rings. The van der Waals surface area contributed by atoms with Crippen LogP contribution in [0, 0.1) is 6.92 Å². The van der Waals surface area contributed by atoms with Gasteiger partial charge >= 0.3 is 0 Å². The fourth-order valence-corrected chi connectivity index (χ4v) is 3.08. The summed E-state index contributed by atoms with van der Waals surface area (Å²) >= 11 is 6.02. The van der Waals surface area contributed by atoms with Gasteiger partial charge in [0.1, 0.15) is 0 Å². The average molecular weight is 339 g/mol. The molecule has 0 saturated heterocycles. The minimum atomic E-state index is -3.68. The van der Waals surface area contributed by atoms with E-state index in [2.05, 4.69) is 10.0 Å². The Morgan fingerprint density at radius 1 is 1.09 bits per heavy atom. The van der Waals surface area contributed by atoms with Crippen molar-refractivity contribution in [2.75, 3.05) is 10.0 Å². The van der Waals surface area contributed by atoms with E-state index >= 15 is 0 Å². The predicted molar refractivity (Wildman–Crippen MR) is 87.7 cm³/mol. The van der Waals surface area contributed by atoms with Crippen LogP contribution in [-0.2, 0) is 14.8 Å². The molecule has 116 valence electrons. The third kappa shape index (κ3) is 3.99. The number of nitrogens with one attached hydrogen (secondary N) is 2. The van der Waals surface area contributed by atoms with Gasteiger partial charge in [-0.05, 0) is 37.3 Å². The van der Waals surface area contributed by atoms with Crippen LogP contribution in [0.25, 0.3) is 0 Å². The highest BCUT2D eigenvalue weighted by molar-refractivity contribution is 7.92. The molecule has 2 rings (SSSR count). The number of sulfonamides is 1. The lowest BCUT2D eigenvalue weighted by Gasteiger charge is -2.11. The van der Waals surface area contributed by atoms with Gasteiger partial charge < -0.3 is 5.32 Å². The zero-order valence-electron chi connectivity index (χ0n) is 12.1. The number of carbonyl (C=O) groups is 1. The van der Waals surface area contributed by atoms with E-state index in [0.717, 1.165) is 5.56 Å². The van der Waals surface area contributed by atoms with Crippen LogP contribution in [0.2, 0.25) is 5.02 Å². The third-order valence-electron chi connectivity index (χ3n) is 2.86. The zero-order valence-corrected chi connectivity index (χ0v) is 13.6. The quantitative estimate of drug-likeness (QED) is 0.897. The van der Waals surface area contributed by atoms with Crippen LogP contribution in [-0.4, -0.2) is 14.3 Å². The Morgan fingerprint density at radius 2 is 1.73 bits per heavy atom. The molecule has 0 aliphatic rings. The largest absolute Gasteiger partial charge is 0.325 e. The second-order valence-corrected chi connectivity index (χ2v) is 6.88. The summed E-state index contributed by atoms with van der Waals surface area (Å²) in [4.78, 5) is 11.2. The zero-order chi connectivity index (χ0) is 16.3. The molecule has 0 unspecified atom stereocenters. The van der Waals surface area contributed by atoms with Gasteiger partial charge in [-0.2, -0.15) is 0 Å². The molecule has 2 N–H and O–H groups in total. The summed E-state index contributed by atoms with van der Waals surface area (Å²) in [6.07, 6.45) is 0. The monoisotopic (exact) mass is 338 g/mol. The van der Waals surface area contributed by atoms with E-state index < -0.39 is 10.0 Å². The van der Waals surface area contributed by atoms with Crippen LogP contribution in [0.5, 0.6) is 0 Å². The Morgan fingerprint density at radius 3 is 2.27 bits per heavy atom. The van der Waals surface area contributed by atoms with Gasteiger partial charge in [-0.1, -0.05) is 29.3 Å². The molecule has 7 heteroatoms. The van der Waals surface area contributed by atoms with E-state index in [4.69, 9.17) is 11.6 Å². The van der Waals surface area contributed by atoms with E-state index in [1.807, 2.05) is 6.92 Å². The lowest BCUT2D eigenvalue weighted by atomic mass is 10.2. The summed E-state index contributed by atoms with van der Waals surface area (Å²) in [5, 5.41) is 2.80. The summed E-state index contributed by atoms with van der Waals surface area (Å²) in [5.74, 6) is -0.255. The number of rotatable bonds is 4. The summed E-state index contributed by atoms with van der Waals surface area (Å²) in [6.45, 7) is 3.24. The standard InChI is InChI=1S/C15H15ClN2O3S/c1-10-3-6-13(7-4-10)22(20,21)18-12-5-8-15(14(16)9-12)17-11(2)19/h3-9,18H,1-2H3,(H,17,19). The SMILES string of the molecule is CC(=O)Nc1ccc(NS(=O)(=O)c2ccc(C)cc2)cc1Cl. The lowest BCUT2D eigenvalue weighted by Crippen LogP contribution is -2.13. The molecule has 5 nitrogen and oxygen atoms in total. The molecule has 0 aliphatic heterocycles. The van der Waals surface area contributed by atoms with Gasteiger partial charge in [0.2, 0.25) is 5.91 Å². The Labute approximate surface area is 134 Å². The van der Waals surface area contributed by atoms with Crippen molar-refractivity contribution in [2.24, 2.45) is 0 Å². The third-order valence-corrected chi connectivity index (χ3v) is 4.57. The van der Waals surface area contributed by atoms with Crippen molar-refractivity contribution >= 4 is 38.9 Å². The molecule has 0 bridgehead atoms. The first kappa shape index (κ1) is 16.3. The number of amides is 1. The molecule has 22 heavy (non-hydrogen) atoms. The van der Waals surface area contributed by atoms with Crippen LogP contribution in [0.4, 0.5) is 11.4 Å². The van der Waals surface area contributed by atoms with Crippen LogP contribution >= 0.6 is 11.6 Å². The summed E-state index contributed by atoms with van der Waals surface area (Å²) in [6, 6.07) is 11.0. The van der Waals surface area contributed by atoms with E-state index in [9.17, 15) is 13.2 Å². The Kier molecular flexibility index (Phi) is 4.73. The van der Waals surface area contributed by atoms with Gasteiger partial charge in [0.25, 0.3) is 10.0 Å². The summed E-state index contributed by atoms with van der Waals surface area (Å²) < 4.78 is 27.0. The first-order chi connectivity index (χ1) is 10.3. The van der Waals surface area contributed by atoms with Crippen LogP contribution < -0.4 is 10.0 Å². The van der Waals surface area contributed by atoms with Gasteiger partial charge in [0, 0.05) is 6.92 Å². The van der Waals surface area contributed by atoms with E-state index in [0.29, 0.717) is 11.4 Å². The number of hydrogen-bond acceptors (Lipinski definition) is 3. The fourth-order valence-electron chi connectivity index (χ4n) is 1.80. The van der Waals surface area contributed by atoms with Gasteiger partial charge in [0.05, 0.1) is 21.3 Å². The van der Waals surface area contributed by atoms with Gasteiger partial charge in [-0.3, -0.25) is 9.52 Å². The molecular weight excluding hydrogens is 324 g/mol. The maximum Gasteiger partial charge on any atom is 0.261 e. The first-order valence-electron chi connectivity index (χ1n) is 6.44. The Balaban J connectivity index is 2.24.